The van der Waals surface area contributed by atoms with Gasteiger partial charge in [-0.15, -0.1) is 0 Å². The maximum atomic E-state index is 13.0. The summed E-state index contributed by atoms with van der Waals surface area (Å²) < 4.78 is 32.3. The van der Waals surface area contributed by atoms with Gasteiger partial charge in [0.05, 0.1) is 13.7 Å². The number of benzene rings is 1. The zero-order valence-corrected chi connectivity index (χ0v) is 14.3. The summed E-state index contributed by atoms with van der Waals surface area (Å²) in [7, 11) is -1.41. The maximum Gasteiger partial charge on any atom is 0.424 e. The second kappa shape index (κ2) is 6.06. The highest BCUT2D eigenvalue weighted by Gasteiger charge is 2.46. The molecule has 0 radical (unpaired) electrons. The van der Waals surface area contributed by atoms with E-state index in [1.165, 1.54) is 4.90 Å². The fourth-order valence-corrected chi connectivity index (χ4v) is 4.70. The Labute approximate surface area is 140 Å². The average molecular weight is 353 g/mol. The van der Waals surface area contributed by atoms with Crippen LogP contribution in [-0.4, -0.2) is 67.2 Å². The maximum absolute atomic E-state index is 13.0. The van der Waals surface area contributed by atoms with Crippen LogP contribution in [0, 0.1) is 0 Å². The number of carbonyl (C=O) groups excluding carboxylic acids is 2. The van der Waals surface area contributed by atoms with Crippen molar-refractivity contribution in [3.63, 3.8) is 0 Å². The first-order chi connectivity index (χ1) is 11.4. The van der Waals surface area contributed by atoms with Crippen molar-refractivity contribution < 1.29 is 22.7 Å². The molecule has 1 aromatic rings. The van der Waals surface area contributed by atoms with Gasteiger partial charge in [0.1, 0.15) is 6.04 Å². The first-order valence-electron chi connectivity index (χ1n) is 7.55. The molecule has 1 saturated heterocycles. The third-order valence-electron chi connectivity index (χ3n) is 4.46. The molecule has 0 aliphatic carbocycles. The van der Waals surface area contributed by atoms with Crippen molar-refractivity contribution in [3.05, 3.63) is 35.4 Å². The Bertz CT molecular complexity index is 779. The lowest BCUT2D eigenvalue weighted by Crippen LogP contribution is -2.61. The zero-order valence-electron chi connectivity index (χ0n) is 13.5. The summed E-state index contributed by atoms with van der Waals surface area (Å²) in [6.45, 7) is 0.0392. The Balaban J connectivity index is 2.09. The van der Waals surface area contributed by atoms with Crippen molar-refractivity contribution in [1.29, 1.82) is 0 Å². The van der Waals surface area contributed by atoms with Crippen LogP contribution in [0.3, 0.4) is 0 Å². The molecule has 0 aromatic heterocycles. The van der Waals surface area contributed by atoms with Crippen molar-refractivity contribution in [1.82, 2.24) is 13.5 Å². The van der Waals surface area contributed by atoms with Gasteiger partial charge in [-0.1, -0.05) is 24.3 Å². The minimum Gasteiger partial charge on any atom is -0.452 e. The Hall–Kier alpha value is -2.13. The molecule has 0 spiro atoms. The molecule has 2 aliphatic rings. The number of hydrogen-bond acceptors (Lipinski definition) is 5. The minimum absolute atomic E-state index is 0.0518. The van der Waals surface area contributed by atoms with Gasteiger partial charge in [-0.05, 0) is 17.5 Å². The summed E-state index contributed by atoms with van der Waals surface area (Å²) in [5, 5.41) is 0. The third kappa shape index (κ3) is 2.63. The topological polar surface area (TPSA) is 87.2 Å². The lowest BCUT2D eigenvalue weighted by molar-refractivity contribution is -0.135. The van der Waals surface area contributed by atoms with Gasteiger partial charge in [0.15, 0.2) is 0 Å². The minimum atomic E-state index is -4.15. The van der Waals surface area contributed by atoms with E-state index >= 15 is 0 Å². The molecule has 2 heterocycles. The Morgan fingerprint density at radius 1 is 1.21 bits per heavy atom. The Kier molecular flexibility index (Phi) is 4.22. The number of methoxy groups -OCH3 is 1. The second-order valence-corrected chi connectivity index (χ2v) is 7.65. The molecule has 24 heavy (non-hydrogen) atoms. The fourth-order valence-electron chi connectivity index (χ4n) is 3.09. The quantitative estimate of drug-likeness (QED) is 0.665. The van der Waals surface area contributed by atoms with Crippen molar-refractivity contribution in [2.45, 2.75) is 19.0 Å². The van der Waals surface area contributed by atoms with E-state index in [1.807, 2.05) is 24.3 Å². The van der Waals surface area contributed by atoms with Crippen LogP contribution in [-0.2, 0) is 32.7 Å². The zero-order chi connectivity index (χ0) is 17.5. The van der Waals surface area contributed by atoms with E-state index < -0.39 is 22.3 Å². The summed E-state index contributed by atoms with van der Waals surface area (Å²) in [5.74, 6) is -0.266. The number of rotatable bonds is 0. The molecule has 130 valence electrons. The summed E-state index contributed by atoms with van der Waals surface area (Å²) in [6, 6.07) is 6.55. The molecule has 1 aromatic carbocycles. The van der Waals surface area contributed by atoms with Crippen LogP contribution in [0.1, 0.15) is 11.1 Å². The van der Waals surface area contributed by atoms with Gasteiger partial charge in [0, 0.05) is 20.1 Å². The smallest absolute Gasteiger partial charge is 0.424 e. The van der Waals surface area contributed by atoms with Gasteiger partial charge >= 0.3 is 16.3 Å². The van der Waals surface area contributed by atoms with Crippen LogP contribution in [0.5, 0.6) is 0 Å². The van der Waals surface area contributed by atoms with E-state index in [0.29, 0.717) is 4.31 Å². The predicted molar refractivity (Wildman–Crippen MR) is 85.1 cm³/mol. The van der Waals surface area contributed by atoms with E-state index in [4.69, 9.17) is 0 Å². The number of amides is 2. The predicted octanol–water partition coefficient (Wildman–Crippen LogP) is 0.198. The van der Waals surface area contributed by atoms with Crippen LogP contribution < -0.4 is 0 Å². The standard InChI is InChI=1S/C15H19N3O5S/c1-16-7-8-17(15(20)23-2)24(21,22)18-10-12-6-4-3-5-11(12)9-13(18)14(16)19/h3-6,13H,7-10H2,1-2H3. The Morgan fingerprint density at radius 3 is 2.54 bits per heavy atom. The fraction of sp³-hybridized carbons (Fsp3) is 0.467. The Morgan fingerprint density at radius 2 is 1.88 bits per heavy atom. The summed E-state index contributed by atoms with van der Waals surface area (Å²) in [4.78, 5) is 26.1. The number of hydrogen-bond donors (Lipinski definition) is 0. The van der Waals surface area contributed by atoms with E-state index in [9.17, 15) is 18.0 Å². The third-order valence-corrected chi connectivity index (χ3v) is 6.32. The van der Waals surface area contributed by atoms with E-state index in [0.717, 1.165) is 22.5 Å². The number of carbonyl (C=O) groups is 2. The van der Waals surface area contributed by atoms with Gasteiger partial charge in [0.2, 0.25) is 5.91 Å². The average Bonchev–Trinajstić information content (AvgIpc) is 2.58. The summed E-state index contributed by atoms with van der Waals surface area (Å²) >= 11 is 0. The van der Waals surface area contributed by atoms with Gasteiger partial charge in [-0.3, -0.25) is 4.79 Å². The largest absolute Gasteiger partial charge is 0.452 e. The molecule has 2 aliphatic heterocycles. The van der Waals surface area contributed by atoms with Crippen LogP contribution in [0.2, 0.25) is 0 Å². The summed E-state index contributed by atoms with van der Waals surface area (Å²) in [5.41, 5.74) is 1.78. The van der Waals surface area contributed by atoms with Gasteiger partial charge in [-0.25, -0.2) is 4.79 Å². The van der Waals surface area contributed by atoms with Crippen LogP contribution in [0.15, 0.2) is 24.3 Å². The molecule has 9 heteroatoms. The molecular weight excluding hydrogens is 334 g/mol. The lowest BCUT2D eigenvalue weighted by Gasteiger charge is -2.41. The second-order valence-electron chi connectivity index (χ2n) is 5.84. The number of ether oxygens (including phenoxy) is 1. The van der Waals surface area contributed by atoms with E-state index in [1.54, 1.807) is 7.05 Å². The van der Waals surface area contributed by atoms with Crippen LogP contribution in [0.25, 0.3) is 0 Å². The number of fused-ring (bicyclic) bond motifs is 2. The molecule has 2 amide bonds. The highest BCUT2D eigenvalue weighted by Crippen LogP contribution is 2.29. The van der Waals surface area contributed by atoms with Gasteiger partial charge in [-0.2, -0.15) is 17.0 Å². The molecule has 3 rings (SSSR count). The van der Waals surface area contributed by atoms with Gasteiger partial charge in [0.25, 0.3) is 0 Å². The van der Waals surface area contributed by atoms with Gasteiger partial charge < -0.3 is 9.64 Å². The first kappa shape index (κ1) is 16.7. The molecule has 0 saturated carbocycles. The summed E-state index contributed by atoms with van der Waals surface area (Å²) in [6.07, 6.45) is -0.663. The molecule has 0 bridgehead atoms. The highest BCUT2D eigenvalue weighted by molar-refractivity contribution is 7.87. The monoisotopic (exact) mass is 353 g/mol. The number of nitrogens with zero attached hydrogens (tertiary/aromatic N) is 3. The normalized spacial score (nSPS) is 23.8. The molecule has 8 nitrogen and oxygen atoms in total. The molecule has 0 N–H and O–H groups in total. The highest BCUT2D eigenvalue weighted by atomic mass is 32.2. The van der Waals surface area contributed by atoms with Crippen molar-refractivity contribution in [3.8, 4) is 0 Å². The molecule has 1 unspecified atom stereocenters. The SMILES string of the molecule is COC(=O)N1CCN(C)C(=O)C2Cc3ccccc3CN2S1(=O)=O. The lowest BCUT2D eigenvalue weighted by atomic mass is 9.95. The van der Waals surface area contributed by atoms with E-state index in [-0.39, 0.29) is 32.0 Å². The van der Waals surface area contributed by atoms with Crippen molar-refractivity contribution in [2.75, 3.05) is 27.2 Å². The molecule has 1 atom stereocenters. The van der Waals surface area contributed by atoms with Crippen LogP contribution >= 0.6 is 0 Å². The molecular formula is C15H19N3O5S. The van der Waals surface area contributed by atoms with Crippen molar-refractivity contribution >= 4 is 22.2 Å². The first-order valence-corrected chi connectivity index (χ1v) is 8.95. The van der Waals surface area contributed by atoms with E-state index in [2.05, 4.69) is 4.74 Å². The number of likely N-dealkylation sites (N-methyl/N-ethyl adjacent to an activating group) is 1. The van der Waals surface area contributed by atoms with Crippen LogP contribution in [0.4, 0.5) is 4.79 Å². The molecule has 1 fully saturated rings. The van der Waals surface area contributed by atoms with Crippen molar-refractivity contribution in [2.24, 2.45) is 0 Å².